The van der Waals surface area contributed by atoms with Gasteiger partial charge in [-0.3, -0.25) is 71.8 Å². The van der Waals surface area contributed by atoms with Gasteiger partial charge in [0.15, 0.2) is 42.9 Å². The molecule has 3 saturated heterocycles. The molecule has 0 radical (unpaired) electrons. The lowest BCUT2D eigenvalue weighted by molar-refractivity contribution is -0.300. The second kappa shape index (κ2) is 50.9. The second-order valence-electron chi connectivity index (χ2n) is 31.6. The van der Waals surface area contributed by atoms with Crippen molar-refractivity contribution in [2.45, 2.75) is 188 Å². The number of ether oxygens (including phenoxy) is 13. The summed E-state index contributed by atoms with van der Waals surface area (Å²) >= 11 is 0. The van der Waals surface area contributed by atoms with E-state index in [9.17, 15) is 75.5 Å². The summed E-state index contributed by atoms with van der Waals surface area (Å²) in [7, 11) is -0.0367. The van der Waals surface area contributed by atoms with Crippen LogP contribution in [0.2, 0.25) is 0 Å². The van der Waals surface area contributed by atoms with E-state index < -0.39 is 173 Å². The fourth-order valence-corrected chi connectivity index (χ4v) is 15.2. The Balaban J connectivity index is 0.000000698. The van der Waals surface area contributed by atoms with E-state index in [0.717, 1.165) is 22.6 Å². The summed E-state index contributed by atoms with van der Waals surface area (Å²) in [4.78, 5) is 188. The zero-order chi connectivity index (χ0) is 98.2. The molecule has 0 unspecified atom stereocenters. The van der Waals surface area contributed by atoms with E-state index in [0.29, 0.717) is 34.8 Å². The molecule has 0 aliphatic carbocycles. The van der Waals surface area contributed by atoms with Crippen molar-refractivity contribution >= 4 is 122 Å². The van der Waals surface area contributed by atoms with E-state index in [2.05, 4.69) is 31.8 Å². The maximum atomic E-state index is 13.1. The Kier molecular flexibility index (Phi) is 40.2. The lowest BCUT2D eigenvalue weighted by Crippen LogP contribution is -2.59. The van der Waals surface area contributed by atoms with Gasteiger partial charge in [0.2, 0.25) is 5.91 Å². The molecule has 5 amide bonds. The minimum Gasteiger partial charge on any atom is -0.492 e. The third-order valence-corrected chi connectivity index (χ3v) is 21.5. The maximum absolute atomic E-state index is 13.1. The average Bonchev–Trinajstić information content (AvgIpc) is 1.62. The fraction of sp³-hybridized carbons (Fsp3) is 0.419. The minimum atomic E-state index is -3.87. The molecule has 3 fully saturated rings. The van der Waals surface area contributed by atoms with Crippen molar-refractivity contribution in [1.82, 2.24) is 26.7 Å². The number of sulfonamides is 1. The van der Waals surface area contributed by atoms with Crippen molar-refractivity contribution in [2.75, 3.05) is 57.1 Å². The third-order valence-electron chi connectivity index (χ3n) is 20.1. The molecule has 0 spiro atoms. The van der Waals surface area contributed by atoms with Crippen molar-refractivity contribution in [2.24, 2.45) is 23.7 Å². The Bertz CT molecular complexity index is 5400. The summed E-state index contributed by atoms with van der Waals surface area (Å²) in [6.07, 6.45) is -10.6. The molecule has 4 heterocycles. The van der Waals surface area contributed by atoms with Crippen molar-refractivity contribution in [1.29, 1.82) is 0 Å². The number of para-hydroxylation sites is 2. The number of benzene rings is 6. The predicted molar refractivity (Wildman–Crippen MR) is 485 cm³/mol. The van der Waals surface area contributed by atoms with Gasteiger partial charge in [0, 0.05) is 117 Å². The quantitative estimate of drug-likeness (QED) is 0.00699. The molecule has 6 aromatic carbocycles. The zero-order valence-electron chi connectivity index (χ0n) is 76.6. The maximum Gasteiger partial charge on any atom is 0.303 e. The van der Waals surface area contributed by atoms with Gasteiger partial charge < -0.3 is 81.5 Å². The first-order valence-electron chi connectivity index (χ1n) is 42.3. The van der Waals surface area contributed by atoms with Crippen LogP contribution < -0.4 is 36.5 Å². The van der Waals surface area contributed by atoms with Crippen LogP contribution in [0, 0.1) is 23.7 Å². The third kappa shape index (κ3) is 32.4. The molecule has 10 rings (SSSR count). The number of nitrogens with zero attached hydrogens (tertiary/aromatic N) is 1. The first kappa shape index (κ1) is 106. The van der Waals surface area contributed by atoms with E-state index in [1.807, 2.05) is 87.4 Å². The highest BCUT2D eigenvalue weighted by Gasteiger charge is 2.53. The van der Waals surface area contributed by atoms with Gasteiger partial charge in [0.1, 0.15) is 74.4 Å². The molecule has 3 aliphatic heterocycles. The summed E-state index contributed by atoms with van der Waals surface area (Å²) in [5.74, 6) is -9.95. The number of carbonyl (C=O) groups is 14. The van der Waals surface area contributed by atoms with E-state index in [1.54, 1.807) is 81.4 Å². The van der Waals surface area contributed by atoms with Crippen LogP contribution in [0.3, 0.4) is 0 Å². The normalized spacial score (nSPS) is 21.5. The SMILES string of the molecule is CC(=O)OC[C@H]1O[C@@H](ONC(=O)/C=C/c2cccc(S(=O)(=O)Nc3ccccc3)c2)[C@H](C)[C@@H](OC(C)=O)[C@H]1OC(C)=O.CC(=O)OC[C@H]1O[C@@H](ONC(=O)c2ccc(NC(=O)[C@H](c3ccccc3)C(C)C)cc2)[C@H](C)[C@@H](OC(C)=O)[C@H]1OC(C)=O.CC(=O)OC[C@H]1O[C@@H](ONC(=O)c2ccc(OCCNC(=O)c3oc4ccccc4c3CN(C)C)cc2)[C@H](C)[C@@H](OC(C)=O)[C@H]1OC(C)=O.[HH].[HH].[HH].[HH].[HH].[HH]. The molecule has 134 heavy (non-hydrogen) atoms. The second-order valence-corrected chi connectivity index (χ2v) is 33.3. The Hall–Kier alpha value is -13.6. The number of nitrogens with one attached hydrogen (secondary N) is 6. The summed E-state index contributed by atoms with van der Waals surface area (Å²) in [6.45, 7) is 19.4. The molecule has 7 aromatic rings. The Morgan fingerprint density at radius 3 is 1.31 bits per heavy atom. The lowest BCUT2D eigenvalue weighted by atomic mass is 9.87. The molecule has 6 N–H and O–H groups in total. The highest BCUT2D eigenvalue weighted by molar-refractivity contribution is 7.92. The van der Waals surface area contributed by atoms with Gasteiger partial charge in [-0.2, -0.15) is 0 Å². The highest BCUT2D eigenvalue weighted by Crippen LogP contribution is 2.37. The van der Waals surface area contributed by atoms with Crippen molar-refractivity contribution in [3.05, 3.63) is 197 Å². The molecule has 41 heteroatoms. The number of hydroxylamine groups is 3. The summed E-state index contributed by atoms with van der Waals surface area (Å²) in [5.41, 5.74) is 11.0. The summed E-state index contributed by atoms with van der Waals surface area (Å²) in [5, 5.41) is 6.61. The largest absolute Gasteiger partial charge is 0.492 e. The van der Waals surface area contributed by atoms with Gasteiger partial charge in [-0.25, -0.2) is 39.4 Å². The molecule has 0 bridgehead atoms. The Morgan fingerprint density at radius 2 is 0.881 bits per heavy atom. The first-order chi connectivity index (χ1) is 63.5. The zero-order valence-corrected chi connectivity index (χ0v) is 77.4. The molecule has 16 atom stereocenters. The number of hydrogen-bond donors (Lipinski definition) is 6. The van der Waals surface area contributed by atoms with E-state index in [1.165, 1.54) is 111 Å². The van der Waals surface area contributed by atoms with Crippen LogP contribution in [0.15, 0.2) is 173 Å². The Morgan fingerprint density at radius 1 is 0.463 bits per heavy atom. The topological polar surface area (TPSA) is 509 Å². The number of esters is 9. The average molecular weight is 1900 g/mol. The van der Waals surface area contributed by atoms with Gasteiger partial charge in [-0.1, -0.05) is 113 Å². The van der Waals surface area contributed by atoms with Gasteiger partial charge in [0.05, 0.1) is 35.1 Å². The number of carbonyl (C=O) groups excluding carboxylic acids is 14. The van der Waals surface area contributed by atoms with Gasteiger partial charge in [-0.15, -0.1) is 0 Å². The molecule has 0 saturated carbocycles. The number of anilines is 2. The van der Waals surface area contributed by atoms with Crippen LogP contribution in [0.25, 0.3) is 17.0 Å². The monoisotopic (exact) mass is 1900 g/mol. The smallest absolute Gasteiger partial charge is 0.303 e. The first-order valence-corrected chi connectivity index (χ1v) is 43.8. The van der Waals surface area contributed by atoms with Gasteiger partial charge >= 0.3 is 53.7 Å². The van der Waals surface area contributed by atoms with E-state index in [-0.39, 0.29) is 87.0 Å². The number of furan rings is 1. The van der Waals surface area contributed by atoms with Crippen LogP contribution >= 0.6 is 0 Å². The Labute approximate surface area is 781 Å². The van der Waals surface area contributed by atoms with Gasteiger partial charge in [0.25, 0.3) is 33.7 Å². The molecule has 3 aliphatic rings. The molecular weight excluding hydrogens is 1780 g/mol. The molecular formula is C93H123N7O33S. The van der Waals surface area contributed by atoms with E-state index >= 15 is 0 Å². The van der Waals surface area contributed by atoms with Crippen molar-refractivity contribution < 1.29 is 165 Å². The highest BCUT2D eigenvalue weighted by atomic mass is 32.2. The lowest BCUT2D eigenvalue weighted by Gasteiger charge is -2.43. The van der Waals surface area contributed by atoms with Crippen molar-refractivity contribution in [3.8, 4) is 5.75 Å². The van der Waals surface area contributed by atoms with Crippen LogP contribution in [-0.4, -0.2) is 217 Å². The van der Waals surface area contributed by atoms with E-state index in [4.69, 9.17) is 80.5 Å². The standard InChI is InChI=1S/C34H41N3O12.C31H38N2O10.C28H32N2O11S.6H2/c1-19-29(45-21(3)39)31(46-22(4)40)28(18-44-20(2)38)48-34(19)49-36-32(41)23-11-13-24(14-12-23)43-16-15-35-33(42)30-26(17-37(5)6)25-9-7-8-10-27(25)47-30;1-17(2)26(22-10-8-7-9-11-22)30(38)32-24-14-12-23(13-15-24)29(37)33-43-31-18(3)27(40-20(5)35)28(41-21(6)36)25(42-31)16-39-19(4)34;1-17-26(38-19(3)32)27(39-20(4)33)24(16-37-18(2)31)40-28(17)41-29-25(34)14-13-21-9-8-12-23(15-21)42(35,36)30-22-10-6-5-7-11-22;;;;;;/h7-14,19,28-29,31,34H,15-18H2,1-6H3,(H,35,42)(H,36,41);7-15,17-18,25-28,31H,16H2,1-6H3,(H,32,38)(H,33,37);5-15,17,24,26-28,30H,16H2,1-4H3,(H,29,34);6*1H/b;;14-13+;;;;;;/t19-,28-,29-,31+,34+;18-,25-,26+,27-,28+,31+;17-,24-,26-,27+,28+;;;;;;/m111....../s1. The van der Waals surface area contributed by atoms with Crippen LogP contribution in [0.1, 0.15) is 159 Å². The van der Waals surface area contributed by atoms with Crippen LogP contribution in [0.4, 0.5) is 11.4 Å². The van der Waals surface area contributed by atoms with Crippen LogP contribution in [0.5, 0.6) is 5.75 Å². The van der Waals surface area contributed by atoms with Gasteiger partial charge in [-0.05, 0) is 116 Å². The predicted octanol–water partition coefficient (Wildman–Crippen LogP) is 10.1. The fourth-order valence-electron chi connectivity index (χ4n) is 14.1. The molecule has 40 nitrogen and oxygen atoms in total. The minimum absolute atomic E-state index is 0. The summed E-state index contributed by atoms with van der Waals surface area (Å²) in [6, 6.07) is 43.8. The molecule has 734 valence electrons. The van der Waals surface area contributed by atoms with Crippen molar-refractivity contribution in [3.63, 3.8) is 0 Å². The number of fused-ring (bicyclic) bond motifs is 1. The number of amides is 5. The summed E-state index contributed by atoms with van der Waals surface area (Å²) < 4.78 is 104. The van der Waals surface area contributed by atoms with Crippen LogP contribution in [-0.2, 0) is 141 Å². The molecule has 1 aromatic heterocycles. The number of rotatable bonds is 36. The number of hydrogen-bond acceptors (Lipinski definition) is 34.